The van der Waals surface area contributed by atoms with Crippen molar-refractivity contribution in [3.8, 4) is 11.5 Å². The van der Waals surface area contributed by atoms with Crippen LogP contribution in [0.4, 0.5) is 11.4 Å². The van der Waals surface area contributed by atoms with E-state index in [-0.39, 0.29) is 29.0 Å². The number of carboxylic acids is 1. The van der Waals surface area contributed by atoms with Crippen molar-refractivity contribution < 1.29 is 24.2 Å². The third-order valence-corrected chi connectivity index (χ3v) is 18.9. The minimum Gasteiger partial charge on any atom is -0.478 e. The molecular weight excluding hydrogens is 1200 g/mol. The minimum atomic E-state index is -1.08. The lowest BCUT2D eigenvalue weighted by Crippen LogP contribution is -2.51. The van der Waals surface area contributed by atoms with Gasteiger partial charge in [-0.15, -0.1) is 0 Å². The predicted molar refractivity (Wildman–Crippen MR) is 408 cm³/mol. The van der Waals surface area contributed by atoms with Crippen LogP contribution < -0.4 is 46.9 Å². The molecule has 4 rings (SSSR count). The van der Waals surface area contributed by atoms with E-state index in [0.717, 1.165) is 112 Å². The second-order valence-corrected chi connectivity index (χ2v) is 27.8. The Bertz CT molecular complexity index is 2470. The van der Waals surface area contributed by atoms with Crippen LogP contribution in [0.2, 0.25) is 0 Å². The van der Waals surface area contributed by atoms with Crippen LogP contribution in [0.1, 0.15) is 275 Å². The normalized spacial score (nSPS) is 13.3. The van der Waals surface area contributed by atoms with E-state index in [1.165, 1.54) is 180 Å². The molecule has 0 saturated heterocycles. The summed E-state index contributed by atoms with van der Waals surface area (Å²) in [6.07, 6.45) is 53.0. The van der Waals surface area contributed by atoms with E-state index in [1.54, 1.807) is 6.08 Å². The number of fused-ring (bicyclic) bond motifs is 2. The number of nitrogens with one attached hydrogen (secondary N) is 5. The SMILES string of the molecule is CCCCCCCCCCCCCCCCCCN(CCCCCCCCCCCCCCCCCC)C(=O)C(CCCCNC(=S)N=C1C=CC(=C2c3ccc(N(C)C)cc3Oc3cc(N(C)C)ccc32)C(C(=O)O)=C1)NC(=O)CNCCCNCCCCNCCCN. The first-order valence-electron chi connectivity index (χ1n) is 38.3. The van der Waals surface area contributed by atoms with Crippen LogP contribution >= 0.6 is 12.2 Å². The highest BCUT2D eigenvalue weighted by atomic mass is 32.1. The van der Waals surface area contributed by atoms with Crippen molar-refractivity contribution in [1.29, 1.82) is 0 Å². The van der Waals surface area contributed by atoms with Gasteiger partial charge in [-0.2, -0.15) is 0 Å². The van der Waals surface area contributed by atoms with Crippen molar-refractivity contribution in [1.82, 2.24) is 31.5 Å². The predicted octanol–water partition coefficient (Wildman–Crippen LogP) is 16.9. The number of aliphatic imine (C=N–C) groups is 1. The molecule has 2 aromatic rings. The van der Waals surface area contributed by atoms with Gasteiger partial charge in [-0.05, 0) is 151 Å². The Hall–Kier alpha value is -5.13. The van der Waals surface area contributed by atoms with Crippen molar-refractivity contribution in [2.75, 3.05) is 103 Å². The van der Waals surface area contributed by atoms with E-state index >= 15 is 0 Å². The van der Waals surface area contributed by atoms with E-state index in [1.807, 2.05) is 86.5 Å². The molecule has 0 fully saturated rings. The Morgan fingerprint density at radius 3 is 1.39 bits per heavy atom. The number of thiocarbonyl (C=S) groups is 1. The number of hydrogen-bond acceptors (Lipinski definition) is 11. The number of anilines is 2. The number of nitrogens with two attached hydrogens (primary N) is 1. The lowest BCUT2D eigenvalue weighted by Gasteiger charge is -2.28. The summed E-state index contributed by atoms with van der Waals surface area (Å²) in [4.78, 5) is 52.6. The highest BCUT2D eigenvalue weighted by Gasteiger charge is 2.30. The molecule has 1 unspecified atom stereocenters. The maximum atomic E-state index is 14.9. The Morgan fingerprint density at radius 1 is 0.526 bits per heavy atom. The van der Waals surface area contributed by atoms with Crippen LogP contribution in [0.3, 0.4) is 0 Å². The summed E-state index contributed by atoms with van der Waals surface area (Å²) in [6.45, 7) is 11.9. The number of unbranched alkanes of at least 4 members (excludes halogenated alkanes) is 32. The number of allylic oxidation sites excluding steroid dienone is 3. The maximum Gasteiger partial charge on any atom is 0.336 e. The zero-order valence-electron chi connectivity index (χ0n) is 60.8. The van der Waals surface area contributed by atoms with Crippen molar-refractivity contribution in [3.05, 3.63) is 76.9 Å². The Labute approximate surface area is 583 Å². The van der Waals surface area contributed by atoms with E-state index < -0.39 is 12.0 Å². The molecule has 1 aliphatic carbocycles. The summed E-state index contributed by atoms with van der Waals surface area (Å²) in [5.41, 5.74) is 11.0. The highest BCUT2D eigenvalue weighted by molar-refractivity contribution is 7.80. The van der Waals surface area contributed by atoms with Crippen LogP contribution in [0, 0.1) is 0 Å². The molecule has 0 bridgehead atoms. The topological polar surface area (TPSA) is 189 Å². The Morgan fingerprint density at radius 2 is 0.947 bits per heavy atom. The van der Waals surface area contributed by atoms with Crippen molar-refractivity contribution in [3.63, 3.8) is 0 Å². The number of benzene rings is 2. The fourth-order valence-corrected chi connectivity index (χ4v) is 13.0. The fourth-order valence-electron chi connectivity index (χ4n) is 12.8. The summed E-state index contributed by atoms with van der Waals surface area (Å²) >= 11 is 5.76. The number of amides is 2. The summed E-state index contributed by atoms with van der Waals surface area (Å²) in [7, 11) is 7.91. The summed E-state index contributed by atoms with van der Waals surface area (Å²) in [5.74, 6) is 0.0819. The number of ether oxygens (including phenoxy) is 1. The van der Waals surface area contributed by atoms with Gasteiger partial charge in [0.2, 0.25) is 11.8 Å². The quantitative estimate of drug-likeness (QED) is 0.0209. The zero-order chi connectivity index (χ0) is 68.4. The number of carbonyl (C=O) groups excluding carboxylic acids is 2. The van der Waals surface area contributed by atoms with Crippen LogP contribution in [0.15, 0.2) is 70.8 Å². The number of hydrogen-bond donors (Lipinski definition) is 7. The number of carboxylic acid groups (broad SMARTS) is 1. The average molecular weight is 1340 g/mol. The van der Waals surface area contributed by atoms with E-state index in [9.17, 15) is 19.5 Å². The molecule has 15 nitrogen and oxygen atoms in total. The third kappa shape index (κ3) is 35.8. The van der Waals surface area contributed by atoms with Gasteiger partial charge in [0.1, 0.15) is 17.5 Å². The first-order valence-corrected chi connectivity index (χ1v) is 38.7. The fraction of sp³-hybridized carbons (Fsp3) is 0.709. The second-order valence-electron chi connectivity index (χ2n) is 27.4. The summed E-state index contributed by atoms with van der Waals surface area (Å²) in [5, 5.41) is 27.8. The van der Waals surface area contributed by atoms with Crippen LogP contribution in [0.5, 0.6) is 11.5 Å². The van der Waals surface area contributed by atoms with Crippen molar-refractivity contribution in [2.24, 2.45) is 10.7 Å². The molecule has 1 atom stereocenters. The zero-order valence-corrected chi connectivity index (χ0v) is 61.6. The van der Waals surface area contributed by atoms with Gasteiger partial charge in [0.15, 0.2) is 5.11 Å². The number of rotatable bonds is 58. The standard InChI is InChI=1S/C79H134N10O5S/c1-7-9-11-13-15-17-19-21-23-25-27-29-31-33-35-41-59-89(60-42-36-34-32-30-28-26-24-22-20-18-16-14-12-10-8-2)77(91)72(86-75(90)64-83-57-44-56-82-54-40-39-53-81-55-43-52-80)45-37-38-58-84-79(95)85-65-46-49-68(71(61-65)78(92)93)76-69-50-47-66(87(3)4)62-73(69)94-74-63-67(88(5)6)48-51-70(74)76/h46-51,61-63,72,81-83H,7-45,52-60,64,80H2,1-6H3,(H,84,95)(H,86,90)(H,92,93). The van der Waals surface area contributed by atoms with Gasteiger partial charge in [0, 0.05) is 88.0 Å². The summed E-state index contributed by atoms with van der Waals surface area (Å²) < 4.78 is 6.53. The first-order chi connectivity index (χ1) is 46.4. The average Bonchev–Trinajstić information content (AvgIpc) is 0.749. The van der Waals surface area contributed by atoms with Gasteiger partial charge in [-0.3, -0.25) is 9.59 Å². The highest BCUT2D eigenvalue weighted by Crippen LogP contribution is 2.49. The van der Waals surface area contributed by atoms with E-state index in [0.29, 0.717) is 68.2 Å². The molecule has 1 aliphatic heterocycles. The molecule has 8 N–H and O–H groups in total. The van der Waals surface area contributed by atoms with E-state index in [4.69, 9.17) is 22.7 Å². The maximum absolute atomic E-state index is 14.9. The molecule has 536 valence electrons. The Balaban J connectivity index is 1.38. The summed E-state index contributed by atoms with van der Waals surface area (Å²) in [6, 6.07) is 11.3. The number of carbonyl (C=O) groups is 3. The van der Waals surface area contributed by atoms with Gasteiger partial charge < -0.3 is 56.9 Å². The molecule has 2 aliphatic rings. The number of aliphatic carboxylic acids is 1. The molecule has 0 radical (unpaired) electrons. The molecule has 1 heterocycles. The number of nitrogens with zero attached hydrogens (tertiary/aromatic N) is 4. The molecule has 0 saturated carbocycles. The molecule has 0 aromatic heterocycles. The lowest BCUT2D eigenvalue weighted by atomic mass is 9.84. The second kappa shape index (κ2) is 52.9. The molecular formula is C79H134N10O5S. The molecule has 0 spiro atoms. The van der Waals surface area contributed by atoms with Gasteiger partial charge in [-0.1, -0.05) is 213 Å². The van der Waals surface area contributed by atoms with Crippen LogP contribution in [0.25, 0.3) is 5.57 Å². The van der Waals surface area contributed by atoms with Gasteiger partial charge in [0.05, 0.1) is 17.8 Å². The van der Waals surface area contributed by atoms with Gasteiger partial charge >= 0.3 is 5.97 Å². The largest absolute Gasteiger partial charge is 0.478 e. The molecule has 2 amide bonds. The van der Waals surface area contributed by atoms with Crippen molar-refractivity contribution >= 4 is 57.8 Å². The van der Waals surface area contributed by atoms with Crippen molar-refractivity contribution in [2.45, 2.75) is 270 Å². The van der Waals surface area contributed by atoms with E-state index in [2.05, 4.69) is 50.3 Å². The smallest absolute Gasteiger partial charge is 0.336 e. The Kier molecular flexibility index (Phi) is 45.8. The van der Waals surface area contributed by atoms with Crippen LogP contribution in [-0.4, -0.2) is 138 Å². The monoisotopic (exact) mass is 1340 g/mol. The molecule has 16 heteroatoms. The van der Waals surface area contributed by atoms with Crippen LogP contribution in [-0.2, 0) is 14.4 Å². The molecule has 95 heavy (non-hydrogen) atoms. The lowest BCUT2D eigenvalue weighted by molar-refractivity contribution is -0.136. The minimum absolute atomic E-state index is 0.0257. The van der Waals surface area contributed by atoms with Gasteiger partial charge in [0.25, 0.3) is 0 Å². The molecule has 2 aromatic carbocycles. The first kappa shape index (κ1) is 82.3. The third-order valence-electron chi connectivity index (χ3n) is 18.7. The van der Waals surface area contributed by atoms with Gasteiger partial charge in [-0.25, -0.2) is 9.79 Å².